The molecule has 190 valence electrons. The van der Waals surface area contributed by atoms with E-state index in [1.807, 2.05) is 24.0 Å². The number of sulfonamides is 1. The highest BCUT2D eigenvalue weighted by atomic mass is 35.5. The summed E-state index contributed by atoms with van der Waals surface area (Å²) in [6.07, 6.45) is 5.73. The van der Waals surface area contributed by atoms with E-state index in [2.05, 4.69) is 14.9 Å². The molecule has 0 spiro atoms. The number of likely N-dealkylation sites (tertiary alicyclic amines) is 2. The number of amides is 1. The molecule has 1 aromatic heterocycles. The van der Waals surface area contributed by atoms with E-state index in [9.17, 15) is 13.2 Å². The molecule has 2 aromatic rings. The zero-order valence-electron chi connectivity index (χ0n) is 19.8. The van der Waals surface area contributed by atoms with Gasteiger partial charge in [0.2, 0.25) is 10.0 Å². The van der Waals surface area contributed by atoms with E-state index < -0.39 is 15.3 Å². The molecule has 1 amide bonds. The van der Waals surface area contributed by atoms with Crippen molar-refractivity contribution < 1.29 is 13.2 Å². The minimum Gasteiger partial charge on any atom is -0.337 e. The Kier molecular flexibility index (Phi) is 8.33. The van der Waals surface area contributed by atoms with Gasteiger partial charge >= 0.3 is 0 Å². The van der Waals surface area contributed by atoms with Crippen LogP contribution in [0.5, 0.6) is 0 Å². The lowest BCUT2D eigenvalue weighted by atomic mass is 9.99. The standard InChI is InChI=1S/C24H31Cl2N5O3S/c1-16-22(5-3-17-2-4-20(25)21(26)14-17)28-15-29-23(16)24(32)31-10-6-18(7-11-31)30-12-8-19(9-13-30)35(27,33)34/h2,4,14-15,18-19H,3,5-13H2,1H3,(H2,27,33,34). The normalized spacial score (nSPS) is 18.7. The summed E-state index contributed by atoms with van der Waals surface area (Å²) in [5.74, 6) is -0.0629. The first-order chi connectivity index (χ1) is 16.6. The molecule has 2 N–H and O–H groups in total. The number of nitrogens with zero attached hydrogens (tertiary/aromatic N) is 4. The van der Waals surface area contributed by atoms with Gasteiger partial charge in [-0.05, 0) is 76.2 Å². The Hall–Kier alpha value is -1.78. The van der Waals surface area contributed by atoms with Crippen LogP contribution in [-0.4, -0.2) is 71.6 Å². The number of primary sulfonamides is 1. The van der Waals surface area contributed by atoms with Crippen molar-refractivity contribution in [1.82, 2.24) is 19.8 Å². The fourth-order valence-corrected chi connectivity index (χ4v) is 6.25. The second-order valence-electron chi connectivity index (χ2n) is 9.39. The molecule has 2 aliphatic rings. The summed E-state index contributed by atoms with van der Waals surface area (Å²) in [4.78, 5) is 26.2. The molecule has 0 bridgehead atoms. The third kappa shape index (κ3) is 6.32. The van der Waals surface area contributed by atoms with Crippen LogP contribution in [0.15, 0.2) is 24.5 Å². The first-order valence-corrected chi connectivity index (χ1v) is 14.3. The zero-order chi connectivity index (χ0) is 25.2. The quantitative estimate of drug-likeness (QED) is 0.603. The molecule has 0 aliphatic carbocycles. The Morgan fingerprint density at radius 3 is 2.34 bits per heavy atom. The van der Waals surface area contributed by atoms with Crippen molar-refractivity contribution in [3.8, 4) is 0 Å². The summed E-state index contributed by atoms with van der Waals surface area (Å²) >= 11 is 12.1. The van der Waals surface area contributed by atoms with Gasteiger partial charge in [-0.15, -0.1) is 0 Å². The van der Waals surface area contributed by atoms with Gasteiger partial charge in [0.1, 0.15) is 12.0 Å². The minimum atomic E-state index is -3.46. The van der Waals surface area contributed by atoms with Crippen molar-refractivity contribution in [3.05, 3.63) is 57.1 Å². The summed E-state index contributed by atoms with van der Waals surface area (Å²) in [6, 6.07) is 5.94. The average Bonchev–Trinajstić information content (AvgIpc) is 2.85. The van der Waals surface area contributed by atoms with E-state index >= 15 is 0 Å². The van der Waals surface area contributed by atoms with Crippen molar-refractivity contribution in [2.24, 2.45) is 5.14 Å². The largest absolute Gasteiger partial charge is 0.337 e. The van der Waals surface area contributed by atoms with Crippen LogP contribution in [0.2, 0.25) is 10.0 Å². The lowest BCUT2D eigenvalue weighted by molar-refractivity contribution is 0.0585. The van der Waals surface area contributed by atoms with Gasteiger partial charge in [-0.1, -0.05) is 29.3 Å². The SMILES string of the molecule is Cc1c(CCc2ccc(Cl)c(Cl)c2)ncnc1C(=O)N1CCC(N2CCC(S(N)(=O)=O)CC2)CC1. The van der Waals surface area contributed by atoms with Crippen LogP contribution >= 0.6 is 23.2 Å². The number of benzene rings is 1. The van der Waals surface area contributed by atoms with Gasteiger partial charge in [0.05, 0.1) is 15.3 Å². The van der Waals surface area contributed by atoms with E-state index in [4.69, 9.17) is 28.3 Å². The molecule has 4 rings (SSSR count). The summed E-state index contributed by atoms with van der Waals surface area (Å²) in [5, 5.41) is 5.93. The summed E-state index contributed by atoms with van der Waals surface area (Å²) in [7, 11) is -3.46. The predicted octanol–water partition coefficient (Wildman–Crippen LogP) is 3.23. The van der Waals surface area contributed by atoms with E-state index in [0.29, 0.717) is 54.1 Å². The van der Waals surface area contributed by atoms with E-state index in [0.717, 1.165) is 49.2 Å². The number of carbonyl (C=O) groups is 1. The van der Waals surface area contributed by atoms with Crippen LogP contribution in [0.4, 0.5) is 0 Å². The maximum absolute atomic E-state index is 13.3. The highest BCUT2D eigenvalue weighted by Gasteiger charge is 2.33. The molecule has 0 saturated carbocycles. The Morgan fingerprint density at radius 1 is 1.03 bits per heavy atom. The molecule has 8 nitrogen and oxygen atoms in total. The van der Waals surface area contributed by atoms with Crippen LogP contribution in [0, 0.1) is 6.92 Å². The zero-order valence-corrected chi connectivity index (χ0v) is 22.1. The highest BCUT2D eigenvalue weighted by Crippen LogP contribution is 2.26. The molecular weight excluding hydrogens is 509 g/mol. The summed E-state index contributed by atoms with van der Waals surface area (Å²) in [5.41, 5.74) is 3.17. The van der Waals surface area contributed by atoms with Crippen LogP contribution < -0.4 is 5.14 Å². The maximum Gasteiger partial charge on any atom is 0.272 e. The predicted molar refractivity (Wildman–Crippen MR) is 137 cm³/mol. The third-order valence-electron chi connectivity index (χ3n) is 7.23. The van der Waals surface area contributed by atoms with Gasteiger partial charge in [0.15, 0.2) is 0 Å². The average molecular weight is 541 g/mol. The number of aryl methyl sites for hydroxylation is 2. The van der Waals surface area contributed by atoms with Gasteiger partial charge < -0.3 is 9.80 Å². The number of aromatic nitrogens is 2. The second kappa shape index (κ2) is 11.1. The number of hydrogen-bond acceptors (Lipinski definition) is 6. The van der Waals surface area contributed by atoms with Crippen molar-refractivity contribution in [3.63, 3.8) is 0 Å². The number of halogens is 2. The van der Waals surface area contributed by atoms with Crippen molar-refractivity contribution >= 4 is 39.1 Å². The molecular formula is C24H31Cl2N5O3S. The molecule has 0 unspecified atom stereocenters. The number of carbonyl (C=O) groups excluding carboxylic acids is 1. The van der Waals surface area contributed by atoms with Crippen LogP contribution in [0.3, 0.4) is 0 Å². The van der Waals surface area contributed by atoms with E-state index in [1.165, 1.54) is 6.33 Å². The van der Waals surface area contributed by atoms with Gasteiger partial charge in [-0.25, -0.2) is 23.5 Å². The van der Waals surface area contributed by atoms with Crippen molar-refractivity contribution in [2.45, 2.75) is 56.7 Å². The first kappa shape index (κ1) is 26.3. The fourth-order valence-electron chi connectivity index (χ4n) is 5.07. The molecule has 1 aromatic carbocycles. The molecule has 0 radical (unpaired) electrons. The smallest absolute Gasteiger partial charge is 0.272 e. The van der Waals surface area contributed by atoms with Crippen LogP contribution in [0.1, 0.15) is 53.0 Å². The Balaban J connectivity index is 1.33. The lowest BCUT2D eigenvalue weighted by Gasteiger charge is -2.41. The minimum absolute atomic E-state index is 0.0629. The molecule has 2 fully saturated rings. The van der Waals surface area contributed by atoms with Gasteiger partial charge in [-0.2, -0.15) is 0 Å². The molecule has 35 heavy (non-hydrogen) atoms. The maximum atomic E-state index is 13.3. The van der Waals surface area contributed by atoms with Crippen molar-refractivity contribution in [2.75, 3.05) is 26.2 Å². The van der Waals surface area contributed by atoms with Gasteiger partial charge in [0.25, 0.3) is 5.91 Å². The molecule has 2 saturated heterocycles. The molecule has 0 atom stereocenters. The Bertz CT molecular complexity index is 1180. The lowest BCUT2D eigenvalue weighted by Crippen LogP contribution is -2.51. The van der Waals surface area contributed by atoms with Crippen LogP contribution in [-0.2, 0) is 22.9 Å². The third-order valence-corrected chi connectivity index (χ3v) is 9.37. The van der Waals surface area contributed by atoms with E-state index in [1.54, 1.807) is 6.07 Å². The first-order valence-electron chi connectivity index (χ1n) is 11.9. The number of hydrogen-bond donors (Lipinski definition) is 1. The van der Waals surface area contributed by atoms with Gasteiger partial charge in [0, 0.05) is 30.4 Å². The number of piperidine rings is 2. The monoisotopic (exact) mass is 539 g/mol. The topological polar surface area (TPSA) is 109 Å². The molecule has 3 heterocycles. The summed E-state index contributed by atoms with van der Waals surface area (Å²) < 4.78 is 23.2. The highest BCUT2D eigenvalue weighted by molar-refractivity contribution is 7.89. The Labute approximate surface area is 216 Å². The number of rotatable bonds is 6. The molecule has 2 aliphatic heterocycles. The fraction of sp³-hybridized carbons (Fsp3) is 0.542. The second-order valence-corrected chi connectivity index (χ2v) is 12.0. The van der Waals surface area contributed by atoms with Crippen LogP contribution in [0.25, 0.3) is 0 Å². The summed E-state index contributed by atoms with van der Waals surface area (Å²) in [6.45, 7) is 4.67. The Morgan fingerprint density at radius 2 is 1.71 bits per heavy atom. The number of nitrogens with two attached hydrogens (primary N) is 1. The van der Waals surface area contributed by atoms with Crippen molar-refractivity contribution in [1.29, 1.82) is 0 Å². The molecule has 11 heteroatoms. The van der Waals surface area contributed by atoms with Gasteiger partial charge in [-0.3, -0.25) is 4.79 Å². The van der Waals surface area contributed by atoms with E-state index in [-0.39, 0.29) is 5.91 Å².